The molecule has 0 aromatic heterocycles. The molecule has 0 saturated carbocycles. The largest absolute Gasteiger partial charge is 0.488 e. The molecule has 4 amide bonds. The molecule has 2 atom stereocenters. The van der Waals surface area contributed by atoms with Gasteiger partial charge in [-0.15, -0.1) is 0 Å². The molecule has 7 nitrogen and oxygen atoms in total. The zero-order chi connectivity index (χ0) is 38.5. The van der Waals surface area contributed by atoms with Gasteiger partial charge in [0.2, 0.25) is 0 Å². The molecule has 3 heterocycles. The Morgan fingerprint density at radius 3 is 1.88 bits per heavy atom. The monoisotopic (exact) mass is 745 g/mol. The summed E-state index contributed by atoms with van der Waals surface area (Å²) in [5.41, 5.74) is 7.63. The van der Waals surface area contributed by atoms with Crippen molar-refractivity contribution in [1.82, 2.24) is 5.32 Å². The first kappa shape index (κ1) is 34.5. The summed E-state index contributed by atoms with van der Waals surface area (Å²) in [6.45, 7) is 2.11. The van der Waals surface area contributed by atoms with Gasteiger partial charge in [-0.05, 0) is 86.5 Å². The Bertz CT molecular complexity index is 2680. The Balaban J connectivity index is 1.09. The molecule has 1 N–H and O–H groups in total. The molecule has 7 heteroatoms. The molecule has 1 fully saturated rings. The van der Waals surface area contributed by atoms with Crippen molar-refractivity contribution in [1.29, 1.82) is 0 Å². The SMILES string of the molecule is O=C1NC(=O)N(c2cc3c4c(c2)[C@H](c2ccccc2)CCN4CC[C@H]3c2ccccc2)C(=O)/C1=C/c1c(OCc2cccc3ccccc23)ccc2ccccc12. The Morgan fingerprint density at radius 1 is 0.632 bits per heavy atom. The third-order valence-electron chi connectivity index (χ3n) is 11.8. The average molecular weight is 746 g/mol. The molecule has 0 spiro atoms. The topological polar surface area (TPSA) is 79.0 Å². The third-order valence-corrected chi connectivity index (χ3v) is 11.8. The van der Waals surface area contributed by atoms with Gasteiger partial charge in [-0.1, -0.05) is 133 Å². The molecule has 57 heavy (non-hydrogen) atoms. The van der Waals surface area contributed by atoms with Crippen LogP contribution >= 0.6 is 0 Å². The fourth-order valence-corrected chi connectivity index (χ4v) is 9.13. The van der Waals surface area contributed by atoms with Crippen LogP contribution < -0.4 is 19.9 Å². The highest BCUT2D eigenvalue weighted by Gasteiger charge is 2.41. The highest BCUT2D eigenvalue weighted by molar-refractivity contribution is 6.39. The first-order valence-electron chi connectivity index (χ1n) is 19.6. The fraction of sp³-hybridized carbons (Fsp3) is 0.140. The van der Waals surface area contributed by atoms with Gasteiger partial charge >= 0.3 is 6.03 Å². The van der Waals surface area contributed by atoms with Crippen molar-refractivity contribution < 1.29 is 19.1 Å². The van der Waals surface area contributed by atoms with Crippen molar-refractivity contribution in [2.45, 2.75) is 31.3 Å². The second kappa shape index (κ2) is 14.3. The molecule has 0 unspecified atom stereocenters. The lowest BCUT2D eigenvalue weighted by atomic mass is 9.76. The number of anilines is 2. The molecule has 0 aliphatic carbocycles. The highest BCUT2D eigenvalue weighted by Crippen LogP contribution is 2.50. The van der Waals surface area contributed by atoms with Crippen molar-refractivity contribution in [3.05, 3.63) is 191 Å². The second-order valence-corrected chi connectivity index (χ2v) is 15.0. The number of rotatable bonds is 7. The Hall–Kier alpha value is -6.99. The van der Waals surface area contributed by atoms with Crippen LogP contribution in [0.5, 0.6) is 5.75 Å². The molecule has 1 saturated heterocycles. The maximum absolute atomic E-state index is 14.8. The van der Waals surface area contributed by atoms with Crippen molar-refractivity contribution in [2.75, 3.05) is 22.9 Å². The van der Waals surface area contributed by atoms with Crippen LogP contribution in [-0.4, -0.2) is 30.9 Å². The van der Waals surface area contributed by atoms with Crippen LogP contribution in [0.1, 0.15) is 58.1 Å². The van der Waals surface area contributed by atoms with Gasteiger partial charge in [0.25, 0.3) is 11.8 Å². The van der Waals surface area contributed by atoms with Crippen LogP contribution in [0, 0.1) is 0 Å². The molecule has 0 radical (unpaired) electrons. The molecule has 3 aliphatic heterocycles. The lowest BCUT2D eigenvalue weighted by Gasteiger charge is -2.44. The van der Waals surface area contributed by atoms with Gasteiger partial charge in [-0.3, -0.25) is 14.9 Å². The number of hydrogen-bond donors (Lipinski definition) is 1. The molecule has 0 bridgehead atoms. The van der Waals surface area contributed by atoms with Gasteiger partial charge in [0.1, 0.15) is 17.9 Å². The van der Waals surface area contributed by atoms with E-state index in [-0.39, 0.29) is 24.0 Å². The van der Waals surface area contributed by atoms with E-state index in [9.17, 15) is 14.4 Å². The van der Waals surface area contributed by atoms with E-state index in [4.69, 9.17) is 4.74 Å². The van der Waals surface area contributed by atoms with Gasteiger partial charge < -0.3 is 9.64 Å². The molecule has 7 aromatic rings. The Kier molecular flexibility index (Phi) is 8.63. The molecule has 278 valence electrons. The standard InChI is InChI=1S/C50H39N3O4/c54-48-45(30-42-39-21-10-8-17-35(39)22-23-46(42)57-31-36-19-11-18-32-16-7-9-20-38(32)36)49(55)53(50(56)51-48)37-28-43-40(33-12-3-1-4-13-33)24-26-52-27-25-41(44(29-37)47(43)52)34-14-5-2-6-15-34/h1-23,28-30,40-41H,24-27,31H2,(H,51,54,56)/b45-30+/t40-,41-/m0/s1. The maximum Gasteiger partial charge on any atom is 0.335 e. The number of nitrogens with zero attached hydrogens (tertiary/aromatic N) is 2. The maximum atomic E-state index is 14.8. The highest BCUT2D eigenvalue weighted by atomic mass is 16.5. The summed E-state index contributed by atoms with van der Waals surface area (Å²) in [5, 5.41) is 6.46. The lowest BCUT2D eigenvalue weighted by Crippen LogP contribution is -2.54. The van der Waals surface area contributed by atoms with E-state index < -0.39 is 17.8 Å². The van der Waals surface area contributed by atoms with Crippen molar-refractivity contribution >= 4 is 56.8 Å². The molecular formula is C50H39N3O4. The zero-order valence-corrected chi connectivity index (χ0v) is 31.2. The van der Waals surface area contributed by atoms with Crippen LogP contribution in [0.25, 0.3) is 27.6 Å². The number of carbonyl (C=O) groups is 3. The van der Waals surface area contributed by atoms with E-state index in [0.29, 0.717) is 17.0 Å². The van der Waals surface area contributed by atoms with Crippen molar-refractivity contribution in [2.24, 2.45) is 0 Å². The molecule has 10 rings (SSSR count). The Morgan fingerprint density at radius 2 is 1.21 bits per heavy atom. The average Bonchev–Trinajstić information content (AvgIpc) is 3.25. The van der Waals surface area contributed by atoms with Crippen molar-refractivity contribution in [3.8, 4) is 5.75 Å². The van der Waals surface area contributed by atoms with Crippen LogP contribution in [0.3, 0.4) is 0 Å². The van der Waals surface area contributed by atoms with Crippen LogP contribution in [0.2, 0.25) is 0 Å². The predicted molar refractivity (Wildman–Crippen MR) is 226 cm³/mol. The second-order valence-electron chi connectivity index (χ2n) is 15.0. The predicted octanol–water partition coefficient (Wildman–Crippen LogP) is 10.1. The molecule has 3 aliphatic rings. The van der Waals surface area contributed by atoms with Gasteiger partial charge in [0.15, 0.2) is 0 Å². The minimum Gasteiger partial charge on any atom is -0.488 e. The Labute approximate surface area is 330 Å². The van der Waals surface area contributed by atoms with Gasteiger partial charge in [0, 0.05) is 36.2 Å². The number of hydrogen-bond acceptors (Lipinski definition) is 5. The normalized spacial score (nSPS) is 18.5. The first-order valence-corrected chi connectivity index (χ1v) is 19.6. The van der Waals surface area contributed by atoms with E-state index >= 15 is 0 Å². The quantitative estimate of drug-likeness (QED) is 0.130. The van der Waals surface area contributed by atoms with E-state index in [1.807, 2.05) is 84.9 Å². The summed E-state index contributed by atoms with van der Waals surface area (Å²) in [6.07, 6.45) is 3.40. The number of urea groups is 1. The van der Waals surface area contributed by atoms with E-state index in [0.717, 1.165) is 69.1 Å². The van der Waals surface area contributed by atoms with Gasteiger partial charge in [-0.25, -0.2) is 9.69 Å². The number of amides is 4. The summed E-state index contributed by atoms with van der Waals surface area (Å²) < 4.78 is 6.53. The summed E-state index contributed by atoms with van der Waals surface area (Å²) in [5.74, 6) is -0.762. The van der Waals surface area contributed by atoms with Crippen LogP contribution in [0.4, 0.5) is 16.2 Å². The van der Waals surface area contributed by atoms with Crippen LogP contribution in [-0.2, 0) is 16.2 Å². The smallest absolute Gasteiger partial charge is 0.335 e. The minimum atomic E-state index is -0.768. The van der Waals surface area contributed by atoms with Gasteiger partial charge in [-0.2, -0.15) is 0 Å². The van der Waals surface area contributed by atoms with E-state index in [1.165, 1.54) is 16.8 Å². The van der Waals surface area contributed by atoms with Crippen LogP contribution in [0.15, 0.2) is 157 Å². The lowest BCUT2D eigenvalue weighted by molar-refractivity contribution is -0.122. The van der Waals surface area contributed by atoms with E-state index in [2.05, 4.69) is 76.9 Å². The van der Waals surface area contributed by atoms with Crippen molar-refractivity contribution in [3.63, 3.8) is 0 Å². The number of benzene rings is 7. The minimum absolute atomic E-state index is 0.0717. The number of nitrogens with one attached hydrogen (secondary N) is 1. The number of carbonyl (C=O) groups excluding carboxylic acids is 3. The third kappa shape index (κ3) is 6.12. The fourth-order valence-electron chi connectivity index (χ4n) is 9.13. The number of barbiturate groups is 1. The van der Waals surface area contributed by atoms with Gasteiger partial charge in [0.05, 0.1) is 5.69 Å². The summed E-state index contributed by atoms with van der Waals surface area (Å²) in [7, 11) is 0. The summed E-state index contributed by atoms with van der Waals surface area (Å²) in [6, 6.07) is 50.1. The first-order chi connectivity index (χ1) is 28.0. The summed E-state index contributed by atoms with van der Waals surface area (Å²) in [4.78, 5) is 46.1. The number of ether oxygens (including phenoxy) is 1. The number of fused-ring (bicyclic) bond motifs is 2. The zero-order valence-electron chi connectivity index (χ0n) is 31.2. The number of imide groups is 2. The molecule has 7 aromatic carbocycles. The van der Waals surface area contributed by atoms with E-state index in [1.54, 1.807) is 6.08 Å². The summed E-state index contributed by atoms with van der Waals surface area (Å²) >= 11 is 0. The molecular weight excluding hydrogens is 707 g/mol.